The lowest BCUT2D eigenvalue weighted by Crippen LogP contribution is -2.37. The number of imide groups is 1. The van der Waals surface area contributed by atoms with Crippen LogP contribution in [0.15, 0.2) is 103 Å². The number of hydrogen-bond donors (Lipinski definition) is 0. The van der Waals surface area contributed by atoms with E-state index >= 15 is 0 Å². The summed E-state index contributed by atoms with van der Waals surface area (Å²) in [6.07, 6.45) is -1.08. The SMILES string of the molecule is CCOc1cc([C@@H]2[C@@H]3C(=O)N(c4ccc([N+](=O)[O-])cc4)C(=O)[C@@H]3ON2c2ccccc2)ccc1OCc1ccccc1. The van der Waals surface area contributed by atoms with Crippen LogP contribution in [0.4, 0.5) is 17.1 Å². The van der Waals surface area contributed by atoms with Crippen molar-refractivity contribution >= 4 is 28.9 Å². The van der Waals surface area contributed by atoms with E-state index in [4.69, 9.17) is 14.3 Å². The van der Waals surface area contributed by atoms with Gasteiger partial charge in [0, 0.05) is 12.1 Å². The van der Waals surface area contributed by atoms with Crippen molar-refractivity contribution in [3.8, 4) is 11.5 Å². The van der Waals surface area contributed by atoms with Gasteiger partial charge in [-0.05, 0) is 54.4 Å². The number of para-hydroxylation sites is 1. The zero-order valence-electron chi connectivity index (χ0n) is 22.7. The molecular weight excluding hydrogens is 538 g/mol. The van der Waals surface area contributed by atoms with Crippen LogP contribution in [0, 0.1) is 16.0 Å². The van der Waals surface area contributed by atoms with Crippen molar-refractivity contribution in [2.45, 2.75) is 25.7 Å². The Hall–Kier alpha value is -5.22. The number of nitro groups is 1. The van der Waals surface area contributed by atoms with Crippen LogP contribution >= 0.6 is 0 Å². The molecule has 6 rings (SSSR count). The van der Waals surface area contributed by atoms with E-state index in [2.05, 4.69) is 0 Å². The second kappa shape index (κ2) is 11.3. The van der Waals surface area contributed by atoms with Gasteiger partial charge in [-0.2, -0.15) is 0 Å². The molecule has 3 atom stereocenters. The number of nitrogens with zero attached hydrogens (tertiary/aromatic N) is 3. The number of carbonyl (C=O) groups is 2. The van der Waals surface area contributed by atoms with Crippen LogP contribution in [0.1, 0.15) is 24.1 Å². The largest absolute Gasteiger partial charge is 0.490 e. The molecule has 4 aromatic rings. The van der Waals surface area contributed by atoms with E-state index in [-0.39, 0.29) is 11.4 Å². The van der Waals surface area contributed by atoms with Crippen LogP contribution in [0.2, 0.25) is 0 Å². The van der Waals surface area contributed by atoms with E-state index in [9.17, 15) is 19.7 Å². The number of non-ortho nitro benzene ring substituents is 1. The number of carbonyl (C=O) groups excluding carboxylic acids is 2. The molecule has 0 unspecified atom stereocenters. The molecule has 4 aromatic carbocycles. The Morgan fingerprint density at radius 3 is 2.17 bits per heavy atom. The van der Waals surface area contributed by atoms with Gasteiger partial charge in [0.05, 0.1) is 28.9 Å². The lowest BCUT2D eigenvalue weighted by molar-refractivity contribution is -0.384. The van der Waals surface area contributed by atoms with Crippen molar-refractivity contribution in [3.05, 3.63) is 124 Å². The van der Waals surface area contributed by atoms with Crippen molar-refractivity contribution in [1.82, 2.24) is 0 Å². The number of benzene rings is 4. The number of hydrogen-bond acceptors (Lipinski definition) is 8. The lowest BCUT2D eigenvalue weighted by Gasteiger charge is -2.29. The molecule has 0 spiro atoms. The van der Waals surface area contributed by atoms with Crippen LogP contribution in [0.5, 0.6) is 11.5 Å². The molecule has 212 valence electrons. The average molecular weight is 566 g/mol. The Labute approximate surface area is 241 Å². The Morgan fingerprint density at radius 2 is 1.50 bits per heavy atom. The van der Waals surface area contributed by atoms with Gasteiger partial charge in [-0.3, -0.25) is 24.5 Å². The Kier molecular flexibility index (Phi) is 7.28. The number of hydroxylamine groups is 1. The predicted molar refractivity (Wildman–Crippen MR) is 154 cm³/mol. The molecule has 2 fully saturated rings. The zero-order chi connectivity index (χ0) is 29.2. The molecule has 10 nitrogen and oxygen atoms in total. The second-order valence-electron chi connectivity index (χ2n) is 9.86. The van der Waals surface area contributed by atoms with Crippen molar-refractivity contribution < 1.29 is 28.8 Å². The summed E-state index contributed by atoms with van der Waals surface area (Å²) in [4.78, 5) is 45.4. The van der Waals surface area contributed by atoms with Crippen molar-refractivity contribution in [1.29, 1.82) is 0 Å². The fourth-order valence-corrected chi connectivity index (χ4v) is 5.36. The predicted octanol–water partition coefficient (Wildman–Crippen LogP) is 5.62. The van der Waals surface area contributed by atoms with Crippen LogP contribution in [-0.2, 0) is 21.0 Å². The van der Waals surface area contributed by atoms with Gasteiger partial charge in [0.2, 0.25) is 5.91 Å². The first kappa shape index (κ1) is 27.0. The summed E-state index contributed by atoms with van der Waals surface area (Å²) >= 11 is 0. The average Bonchev–Trinajstić information content (AvgIpc) is 3.53. The van der Waals surface area contributed by atoms with E-state index < -0.39 is 34.8 Å². The number of fused-ring (bicyclic) bond motifs is 1. The molecule has 0 saturated carbocycles. The molecule has 2 aliphatic rings. The van der Waals surface area contributed by atoms with Crippen LogP contribution in [0.25, 0.3) is 0 Å². The highest BCUT2D eigenvalue weighted by molar-refractivity contribution is 6.24. The van der Waals surface area contributed by atoms with Crippen LogP contribution in [-0.4, -0.2) is 29.4 Å². The summed E-state index contributed by atoms with van der Waals surface area (Å²) in [6, 6.07) is 29.2. The Morgan fingerprint density at radius 1 is 0.810 bits per heavy atom. The fourth-order valence-electron chi connectivity index (χ4n) is 5.36. The van der Waals surface area contributed by atoms with Crippen molar-refractivity contribution in [2.24, 2.45) is 5.92 Å². The number of nitro benzene ring substituents is 1. The van der Waals surface area contributed by atoms with Gasteiger partial charge >= 0.3 is 0 Å². The highest BCUT2D eigenvalue weighted by Gasteiger charge is 2.60. The standard InChI is InChI=1S/C32H27N3O7/c1-2-40-27-19-22(13-18-26(27)41-20-21-9-5-3-6-10-21)29-28-30(42-34(29)24-11-7-4-8-12-24)32(37)33(31(28)36)23-14-16-25(17-15-23)35(38)39/h3-19,28-30H,2,20H2,1H3/t28-,29+,30+/m0/s1. The number of rotatable bonds is 9. The molecular formula is C32H27N3O7. The molecule has 0 aromatic heterocycles. The third-order valence-corrected chi connectivity index (χ3v) is 7.29. The first-order valence-electron chi connectivity index (χ1n) is 13.5. The summed E-state index contributed by atoms with van der Waals surface area (Å²) in [6.45, 7) is 2.62. The number of anilines is 2. The summed E-state index contributed by atoms with van der Waals surface area (Å²) in [5.41, 5.74) is 2.50. The minimum absolute atomic E-state index is 0.138. The maximum absolute atomic E-state index is 13.9. The van der Waals surface area contributed by atoms with Crippen molar-refractivity contribution in [3.63, 3.8) is 0 Å². The highest BCUT2D eigenvalue weighted by Crippen LogP contribution is 2.48. The molecule has 0 aliphatic carbocycles. The number of amides is 2. The van der Waals surface area contributed by atoms with Gasteiger partial charge in [-0.15, -0.1) is 0 Å². The summed E-state index contributed by atoms with van der Waals surface area (Å²) in [7, 11) is 0. The normalized spacial score (nSPS) is 19.6. The quantitative estimate of drug-likeness (QED) is 0.146. The molecule has 0 N–H and O–H groups in total. The molecule has 42 heavy (non-hydrogen) atoms. The van der Waals surface area contributed by atoms with Gasteiger partial charge in [0.1, 0.15) is 12.5 Å². The maximum atomic E-state index is 13.9. The van der Waals surface area contributed by atoms with Gasteiger partial charge in [-0.1, -0.05) is 54.6 Å². The second-order valence-corrected chi connectivity index (χ2v) is 9.86. The van der Waals surface area contributed by atoms with Crippen LogP contribution < -0.4 is 19.4 Å². The molecule has 0 bridgehead atoms. The number of ether oxygens (including phenoxy) is 2. The van der Waals surface area contributed by atoms with Gasteiger partial charge in [0.15, 0.2) is 17.6 Å². The van der Waals surface area contributed by atoms with E-state index in [0.29, 0.717) is 36.0 Å². The van der Waals surface area contributed by atoms with E-state index in [0.717, 1.165) is 10.5 Å². The monoisotopic (exact) mass is 565 g/mol. The fraction of sp³-hybridized carbons (Fsp3) is 0.188. The molecule has 2 heterocycles. The van der Waals surface area contributed by atoms with E-state index in [1.165, 1.54) is 24.3 Å². The Bertz CT molecular complexity index is 1610. The maximum Gasteiger partial charge on any atom is 0.269 e. The first-order valence-corrected chi connectivity index (χ1v) is 13.5. The smallest absolute Gasteiger partial charge is 0.269 e. The Balaban J connectivity index is 1.36. The van der Waals surface area contributed by atoms with Gasteiger partial charge < -0.3 is 9.47 Å². The lowest BCUT2D eigenvalue weighted by atomic mass is 9.90. The minimum atomic E-state index is -1.08. The third-order valence-electron chi connectivity index (χ3n) is 7.29. The molecule has 0 radical (unpaired) electrons. The van der Waals surface area contributed by atoms with Gasteiger partial charge in [-0.25, -0.2) is 9.96 Å². The van der Waals surface area contributed by atoms with Crippen molar-refractivity contribution in [2.75, 3.05) is 16.6 Å². The molecule has 10 heteroatoms. The summed E-state index contributed by atoms with van der Waals surface area (Å²) in [5, 5.41) is 12.7. The van der Waals surface area contributed by atoms with E-state index in [1.54, 1.807) is 11.1 Å². The third kappa shape index (κ3) is 4.92. The summed E-state index contributed by atoms with van der Waals surface area (Å²) < 4.78 is 12.0. The van der Waals surface area contributed by atoms with Crippen LogP contribution in [0.3, 0.4) is 0 Å². The first-order chi connectivity index (χ1) is 20.5. The molecule has 2 saturated heterocycles. The summed E-state index contributed by atoms with van der Waals surface area (Å²) in [5.74, 6) is -0.808. The molecule has 2 amide bonds. The highest BCUT2D eigenvalue weighted by atomic mass is 16.7. The molecule has 2 aliphatic heterocycles. The zero-order valence-corrected chi connectivity index (χ0v) is 22.7. The minimum Gasteiger partial charge on any atom is -0.490 e. The van der Waals surface area contributed by atoms with Gasteiger partial charge in [0.25, 0.3) is 11.6 Å². The van der Waals surface area contributed by atoms with E-state index in [1.807, 2.05) is 79.7 Å². The topological polar surface area (TPSA) is 111 Å².